The summed E-state index contributed by atoms with van der Waals surface area (Å²) < 4.78 is 14.2. The number of anilines is 3. The van der Waals surface area contributed by atoms with E-state index in [0.717, 1.165) is 44.9 Å². The summed E-state index contributed by atoms with van der Waals surface area (Å²) in [6.07, 6.45) is 0. The average Bonchev–Trinajstić information content (AvgIpc) is 3.75. The average molecular weight is 742 g/mol. The molecule has 1 aliphatic heterocycles. The summed E-state index contributed by atoms with van der Waals surface area (Å²) in [4.78, 5) is 2.34. The standard InChI is InChI=1S/C55H35NO2/c1-3-18-36(19-4-1)38-22-10-15-30-48(38)56(49-31-16-11-23-39(49)37-20-5-2-6-21-37)50-32-17-33-51-54(50)58-52-34-43-42-26-9-14-29-46(42)55(47(43)35-53(52)57-51)44-27-12-7-24-40(44)41-25-8-13-28-45(41)55/h1-35H. The van der Waals surface area contributed by atoms with Crippen LogP contribution in [0.15, 0.2) is 212 Å². The molecular weight excluding hydrogens is 707 g/mol. The molecule has 0 N–H and O–H groups in total. The second-order valence-electron chi connectivity index (χ2n) is 15.1. The van der Waals surface area contributed by atoms with E-state index in [1.807, 2.05) is 6.07 Å². The zero-order valence-electron chi connectivity index (χ0n) is 31.5. The first-order valence-electron chi connectivity index (χ1n) is 19.8. The highest BCUT2D eigenvalue weighted by atomic mass is 16.6. The summed E-state index contributed by atoms with van der Waals surface area (Å²) >= 11 is 0. The molecule has 1 heterocycles. The van der Waals surface area contributed by atoms with Crippen LogP contribution >= 0.6 is 0 Å². The van der Waals surface area contributed by atoms with Crippen molar-refractivity contribution in [1.29, 1.82) is 0 Å². The van der Waals surface area contributed by atoms with Crippen molar-refractivity contribution in [3.63, 3.8) is 0 Å². The highest BCUT2D eigenvalue weighted by Gasteiger charge is 2.52. The molecule has 3 nitrogen and oxygen atoms in total. The Balaban J connectivity index is 1.07. The third kappa shape index (κ3) is 4.62. The summed E-state index contributed by atoms with van der Waals surface area (Å²) in [6, 6.07) is 75.7. The topological polar surface area (TPSA) is 21.7 Å². The second kappa shape index (κ2) is 12.7. The van der Waals surface area contributed by atoms with Crippen LogP contribution in [0.4, 0.5) is 17.1 Å². The third-order valence-electron chi connectivity index (χ3n) is 12.2. The number of hydrogen-bond donors (Lipinski definition) is 0. The van der Waals surface area contributed by atoms with E-state index in [0.29, 0.717) is 23.0 Å². The smallest absolute Gasteiger partial charge is 0.194 e. The van der Waals surface area contributed by atoms with E-state index in [1.54, 1.807) is 0 Å². The van der Waals surface area contributed by atoms with E-state index in [4.69, 9.17) is 9.47 Å². The van der Waals surface area contributed by atoms with Crippen molar-refractivity contribution in [2.75, 3.05) is 4.90 Å². The summed E-state index contributed by atoms with van der Waals surface area (Å²) in [5.74, 6) is 2.73. The Labute approximate surface area is 337 Å². The lowest BCUT2D eigenvalue weighted by molar-refractivity contribution is 0.360. The second-order valence-corrected chi connectivity index (χ2v) is 15.1. The summed E-state index contributed by atoms with van der Waals surface area (Å²) in [5, 5.41) is 0. The van der Waals surface area contributed by atoms with Crippen LogP contribution in [-0.4, -0.2) is 0 Å². The fraction of sp³-hybridized carbons (Fsp3) is 0.0182. The number of para-hydroxylation sites is 3. The van der Waals surface area contributed by atoms with Gasteiger partial charge in [-0.05, 0) is 92.0 Å². The maximum absolute atomic E-state index is 7.19. The molecule has 0 fully saturated rings. The van der Waals surface area contributed by atoms with Gasteiger partial charge in [-0.2, -0.15) is 0 Å². The Kier molecular flexibility index (Phi) is 7.14. The first-order valence-corrected chi connectivity index (χ1v) is 19.8. The number of hydrogen-bond acceptors (Lipinski definition) is 3. The van der Waals surface area contributed by atoms with Gasteiger partial charge in [0.2, 0.25) is 0 Å². The number of nitrogens with zero attached hydrogens (tertiary/aromatic N) is 1. The Morgan fingerprint density at radius 1 is 0.293 bits per heavy atom. The molecule has 9 aromatic carbocycles. The van der Waals surface area contributed by atoms with E-state index in [2.05, 4.69) is 211 Å². The largest absolute Gasteiger partial charge is 0.449 e. The van der Waals surface area contributed by atoms with Gasteiger partial charge in [-0.3, -0.25) is 0 Å². The summed E-state index contributed by atoms with van der Waals surface area (Å²) in [7, 11) is 0. The quantitative estimate of drug-likeness (QED) is 0.175. The Hall–Kier alpha value is -7.62. The van der Waals surface area contributed by atoms with Crippen LogP contribution in [0.1, 0.15) is 22.3 Å². The molecule has 3 aliphatic rings. The van der Waals surface area contributed by atoms with Crippen LogP contribution in [0.25, 0.3) is 44.5 Å². The van der Waals surface area contributed by atoms with Crippen molar-refractivity contribution in [1.82, 2.24) is 0 Å². The molecule has 0 saturated carbocycles. The van der Waals surface area contributed by atoms with Crippen LogP contribution in [0.2, 0.25) is 0 Å². The summed E-state index contributed by atoms with van der Waals surface area (Å²) in [6.45, 7) is 0. The molecule has 3 heteroatoms. The van der Waals surface area contributed by atoms with Gasteiger partial charge in [-0.1, -0.05) is 176 Å². The van der Waals surface area contributed by atoms with Crippen molar-refractivity contribution in [3.8, 4) is 67.5 Å². The molecule has 0 amide bonds. The monoisotopic (exact) mass is 741 g/mol. The lowest BCUT2D eigenvalue weighted by atomic mass is 9.70. The van der Waals surface area contributed by atoms with Crippen LogP contribution in [0, 0.1) is 0 Å². The van der Waals surface area contributed by atoms with Gasteiger partial charge in [0.05, 0.1) is 22.5 Å². The van der Waals surface area contributed by atoms with Crippen molar-refractivity contribution in [3.05, 3.63) is 235 Å². The Morgan fingerprint density at radius 3 is 1.28 bits per heavy atom. The normalized spacial score (nSPS) is 13.2. The van der Waals surface area contributed by atoms with E-state index < -0.39 is 5.41 Å². The van der Waals surface area contributed by atoms with Crippen LogP contribution < -0.4 is 14.4 Å². The number of ether oxygens (including phenoxy) is 2. The fourth-order valence-electron chi connectivity index (χ4n) is 9.80. The zero-order valence-corrected chi connectivity index (χ0v) is 31.5. The molecule has 0 radical (unpaired) electrons. The maximum Gasteiger partial charge on any atom is 0.194 e. The maximum atomic E-state index is 7.19. The minimum absolute atomic E-state index is 0.473. The molecule has 0 aromatic heterocycles. The number of fused-ring (bicyclic) bond motifs is 12. The first-order chi connectivity index (χ1) is 28.8. The highest BCUT2D eigenvalue weighted by molar-refractivity contribution is 5.98. The van der Waals surface area contributed by atoms with Gasteiger partial charge in [0.1, 0.15) is 0 Å². The molecule has 1 spiro atoms. The number of rotatable bonds is 5. The molecule has 0 atom stereocenters. The molecule has 0 bridgehead atoms. The molecule has 58 heavy (non-hydrogen) atoms. The zero-order chi connectivity index (χ0) is 38.2. The highest BCUT2D eigenvalue weighted by Crippen LogP contribution is 2.65. The molecule has 0 unspecified atom stereocenters. The number of benzene rings is 9. The third-order valence-corrected chi connectivity index (χ3v) is 12.2. The molecule has 9 aromatic rings. The van der Waals surface area contributed by atoms with Crippen LogP contribution in [-0.2, 0) is 5.41 Å². The minimum Gasteiger partial charge on any atom is -0.449 e. The van der Waals surface area contributed by atoms with Gasteiger partial charge in [0, 0.05) is 11.1 Å². The molecule has 2 aliphatic carbocycles. The predicted molar refractivity (Wildman–Crippen MR) is 235 cm³/mol. The first kappa shape index (κ1) is 32.6. The van der Waals surface area contributed by atoms with E-state index in [-0.39, 0.29) is 0 Å². The summed E-state index contributed by atoms with van der Waals surface area (Å²) in [5.41, 5.74) is 17.0. The SMILES string of the molecule is c1ccc(-c2ccccc2N(c2ccccc2-c2ccccc2)c2cccc3c2Oc2cc4c(cc2O3)C2(c3ccccc3-c3ccccc32)c2ccccc2-4)cc1. The van der Waals surface area contributed by atoms with Crippen molar-refractivity contribution < 1.29 is 9.47 Å². The van der Waals surface area contributed by atoms with Gasteiger partial charge < -0.3 is 14.4 Å². The van der Waals surface area contributed by atoms with Gasteiger partial charge in [-0.15, -0.1) is 0 Å². The Morgan fingerprint density at radius 2 is 0.724 bits per heavy atom. The van der Waals surface area contributed by atoms with Gasteiger partial charge >= 0.3 is 0 Å². The van der Waals surface area contributed by atoms with E-state index in [1.165, 1.54) is 38.9 Å². The van der Waals surface area contributed by atoms with Crippen LogP contribution in [0.5, 0.6) is 23.0 Å². The van der Waals surface area contributed by atoms with Crippen LogP contribution in [0.3, 0.4) is 0 Å². The predicted octanol–water partition coefficient (Wildman–Crippen LogP) is 14.7. The van der Waals surface area contributed by atoms with Gasteiger partial charge in [-0.25, -0.2) is 0 Å². The van der Waals surface area contributed by atoms with Gasteiger partial charge in [0.15, 0.2) is 23.0 Å². The molecular formula is C55H35NO2. The van der Waals surface area contributed by atoms with Crippen molar-refractivity contribution >= 4 is 17.1 Å². The van der Waals surface area contributed by atoms with Gasteiger partial charge in [0.25, 0.3) is 0 Å². The molecule has 0 saturated heterocycles. The molecule has 272 valence electrons. The lowest BCUT2D eigenvalue weighted by Crippen LogP contribution is -2.25. The fourth-order valence-corrected chi connectivity index (χ4v) is 9.80. The van der Waals surface area contributed by atoms with E-state index in [9.17, 15) is 0 Å². The molecule has 12 rings (SSSR count). The van der Waals surface area contributed by atoms with E-state index >= 15 is 0 Å². The Bertz CT molecular complexity index is 2950. The van der Waals surface area contributed by atoms with Crippen molar-refractivity contribution in [2.24, 2.45) is 0 Å². The van der Waals surface area contributed by atoms with Crippen molar-refractivity contribution in [2.45, 2.75) is 5.41 Å². The lowest BCUT2D eigenvalue weighted by Gasteiger charge is -2.33. The minimum atomic E-state index is -0.473.